The molecule has 1 aromatic heterocycles. The molecule has 0 amide bonds. The molecule has 2 heterocycles. The van der Waals surface area contributed by atoms with E-state index in [-0.39, 0.29) is 10.8 Å². The molecule has 2 fully saturated rings. The number of hydrogen-bond donors (Lipinski definition) is 2. The summed E-state index contributed by atoms with van der Waals surface area (Å²) in [6, 6.07) is 2.69. The highest BCUT2D eigenvalue weighted by atomic mass is 15.3. The second kappa shape index (κ2) is 4.07. The van der Waals surface area contributed by atoms with Crippen LogP contribution in [-0.4, -0.2) is 36.1 Å². The average Bonchev–Trinajstić information content (AvgIpc) is 2.66. The van der Waals surface area contributed by atoms with Gasteiger partial charge in [-0.2, -0.15) is 4.98 Å². The minimum atomic E-state index is 0.271. The van der Waals surface area contributed by atoms with Gasteiger partial charge in [0.2, 0.25) is 5.95 Å². The van der Waals surface area contributed by atoms with E-state index < -0.39 is 0 Å². The van der Waals surface area contributed by atoms with E-state index in [2.05, 4.69) is 53.9 Å². The van der Waals surface area contributed by atoms with Crippen molar-refractivity contribution < 1.29 is 0 Å². The van der Waals surface area contributed by atoms with Crippen LogP contribution in [0, 0.1) is 10.8 Å². The summed E-state index contributed by atoms with van der Waals surface area (Å²) in [6.07, 6.45) is 0. The molecular formula is C15H25N5. The number of anilines is 2. The number of hydrogen-bond acceptors (Lipinski definition) is 5. The number of rotatable bonds is 3. The zero-order valence-electron chi connectivity index (χ0n) is 13.1. The molecule has 0 unspecified atom stereocenters. The van der Waals surface area contributed by atoms with E-state index in [4.69, 9.17) is 5.73 Å². The second-order valence-electron chi connectivity index (χ2n) is 7.28. The van der Waals surface area contributed by atoms with E-state index >= 15 is 0 Å². The van der Waals surface area contributed by atoms with Gasteiger partial charge in [-0.05, 0) is 17.9 Å². The van der Waals surface area contributed by atoms with Gasteiger partial charge in [0.25, 0.3) is 0 Å². The van der Waals surface area contributed by atoms with Crippen LogP contribution in [0.15, 0.2) is 6.07 Å². The number of nitrogens with two attached hydrogens (primary N) is 1. The number of nitrogen functional groups attached to an aromatic ring is 1. The molecule has 1 aliphatic heterocycles. The summed E-state index contributed by atoms with van der Waals surface area (Å²) in [5, 5.41) is 3.28. The topological polar surface area (TPSA) is 67.1 Å². The van der Waals surface area contributed by atoms with Gasteiger partial charge in [-0.25, -0.2) is 4.98 Å². The lowest BCUT2D eigenvalue weighted by Gasteiger charge is -2.40. The minimum Gasteiger partial charge on any atom is -0.368 e. The summed E-state index contributed by atoms with van der Waals surface area (Å²) in [4.78, 5) is 11.1. The lowest BCUT2D eigenvalue weighted by atomic mass is 10.0. The normalized spacial score (nSPS) is 24.6. The Labute approximate surface area is 121 Å². The monoisotopic (exact) mass is 275 g/mol. The molecule has 1 saturated carbocycles. The quantitative estimate of drug-likeness (QED) is 0.877. The zero-order valence-corrected chi connectivity index (χ0v) is 13.1. The number of aromatic nitrogens is 2. The maximum Gasteiger partial charge on any atom is 0.222 e. The van der Waals surface area contributed by atoms with Crippen LogP contribution < -0.4 is 16.0 Å². The molecule has 0 radical (unpaired) electrons. The third kappa shape index (κ3) is 1.79. The molecule has 0 atom stereocenters. The molecule has 2 aliphatic rings. The van der Waals surface area contributed by atoms with Crippen LogP contribution in [0.2, 0.25) is 0 Å². The Balaban J connectivity index is 1.86. The largest absolute Gasteiger partial charge is 0.368 e. The zero-order chi connectivity index (χ0) is 14.7. The standard InChI is InChI=1S/C15H25N5/c1-14(2)12(15(14,3)4)10-6-11(19-13(16)18-10)20-7-9(8-20)17-5/h6,9,12,17H,7-8H2,1-5H3,(H2,16,18,19). The van der Waals surface area contributed by atoms with Gasteiger partial charge in [0, 0.05) is 31.1 Å². The molecular weight excluding hydrogens is 250 g/mol. The van der Waals surface area contributed by atoms with Gasteiger partial charge in [0.1, 0.15) is 5.82 Å². The van der Waals surface area contributed by atoms with Crippen molar-refractivity contribution in [3.63, 3.8) is 0 Å². The van der Waals surface area contributed by atoms with Gasteiger partial charge >= 0.3 is 0 Å². The van der Waals surface area contributed by atoms with Crippen LogP contribution >= 0.6 is 0 Å². The first-order valence-electron chi connectivity index (χ1n) is 7.34. The highest BCUT2D eigenvalue weighted by molar-refractivity contribution is 5.49. The number of likely N-dealkylation sites (N-methyl/N-ethyl adjacent to an activating group) is 1. The fourth-order valence-electron chi connectivity index (χ4n) is 3.57. The van der Waals surface area contributed by atoms with Gasteiger partial charge in [0.15, 0.2) is 0 Å². The summed E-state index contributed by atoms with van der Waals surface area (Å²) in [5.41, 5.74) is 7.56. The molecule has 1 aromatic rings. The molecule has 1 aliphatic carbocycles. The smallest absolute Gasteiger partial charge is 0.222 e. The van der Waals surface area contributed by atoms with E-state index in [1.165, 1.54) is 0 Å². The predicted molar refractivity (Wildman–Crippen MR) is 81.8 cm³/mol. The Morgan fingerprint density at radius 3 is 2.30 bits per heavy atom. The third-order valence-corrected chi connectivity index (χ3v) is 5.68. The van der Waals surface area contributed by atoms with Crippen molar-refractivity contribution in [2.75, 3.05) is 30.8 Å². The van der Waals surface area contributed by atoms with Crippen LogP contribution in [0.4, 0.5) is 11.8 Å². The first-order valence-corrected chi connectivity index (χ1v) is 7.34. The van der Waals surface area contributed by atoms with Gasteiger partial charge in [-0.15, -0.1) is 0 Å². The first kappa shape index (κ1) is 13.6. The molecule has 3 N–H and O–H groups in total. The second-order valence-corrected chi connectivity index (χ2v) is 7.28. The molecule has 5 nitrogen and oxygen atoms in total. The van der Waals surface area contributed by atoms with Crippen molar-refractivity contribution in [3.8, 4) is 0 Å². The molecule has 20 heavy (non-hydrogen) atoms. The molecule has 3 rings (SSSR count). The van der Waals surface area contributed by atoms with E-state index in [0.717, 1.165) is 24.6 Å². The maximum absolute atomic E-state index is 5.92. The van der Waals surface area contributed by atoms with Crippen molar-refractivity contribution in [2.24, 2.45) is 10.8 Å². The van der Waals surface area contributed by atoms with Crippen molar-refractivity contribution in [1.82, 2.24) is 15.3 Å². The molecule has 110 valence electrons. The highest BCUT2D eigenvalue weighted by Crippen LogP contribution is 2.73. The fourth-order valence-corrected chi connectivity index (χ4v) is 3.57. The number of nitrogens with one attached hydrogen (secondary N) is 1. The Bertz CT molecular complexity index is 517. The lowest BCUT2D eigenvalue weighted by molar-refractivity contribution is 0.447. The van der Waals surface area contributed by atoms with Crippen molar-refractivity contribution in [1.29, 1.82) is 0 Å². The Morgan fingerprint density at radius 2 is 1.80 bits per heavy atom. The third-order valence-electron chi connectivity index (χ3n) is 5.68. The summed E-state index contributed by atoms with van der Waals surface area (Å²) < 4.78 is 0. The summed E-state index contributed by atoms with van der Waals surface area (Å²) in [7, 11) is 2.00. The van der Waals surface area contributed by atoms with Gasteiger partial charge < -0.3 is 16.0 Å². The van der Waals surface area contributed by atoms with E-state index in [9.17, 15) is 0 Å². The van der Waals surface area contributed by atoms with Gasteiger partial charge in [-0.1, -0.05) is 27.7 Å². The Morgan fingerprint density at radius 1 is 1.20 bits per heavy atom. The van der Waals surface area contributed by atoms with E-state index in [1.807, 2.05) is 7.05 Å². The van der Waals surface area contributed by atoms with E-state index in [1.54, 1.807) is 0 Å². The summed E-state index contributed by atoms with van der Waals surface area (Å²) in [5.74, 6) is 1.82. The number of nitrogens with zero attached hydrogens (tertiary/aromatic N) is 3. The maximum atomic E-state index is 5.92. The van der Waals surface area contributed by atoms with Gasteiger partial charge in [-0.3, -0.25) is 0 Å². The van der Waals surface area contributed by atoms with Crippen LogP contribution in [0.5, 0.6) is 0 Å². The lowest BCUT2D eigenvalue weighted by Crippen LogP contribution is -2.57. The van der Waals surface area contributed by atoms with Crippen LogP contribution in [0.25, 0.3) is 0 Å². The van der Waals surface area contributed by atoms with E-state index in [0.29, 0.717) is 17.9 Å². The van der Waals surface area contributed by atoms with Crippen LogP contribution in [0.3, 0.4) is 0 Å². The predicted octanol–water partition coefficient (Wildman–Crippen LogP) is 1.62. The molecule has 0 bridgehead atoms. The Kier molecular flexibility index (Phi) is 2.77. The fraction of sp³-hybridized carbons (Fsp3) is 0.733. The molecule has 0 aromatic carbocycles. The molecule has 1 saturated heterocycles. The SMILES string of the molecule is CNC1CN(c2cc(C3C(C)(C)C3(C)C)nc(N)n2)C1. The first-order chi connectivity index (χ1) is 9.27. The Hall–Kier alpha value is -1.36. The van der Waals surface area contributed by atoms with Crippen molar-refractivity contribution in [3.05, 3.63) is 11.8 Å². The van der Waals surface area contributed by atoms with Crippen molar-refractivity contribution >= 4 is 11.8 Å². The summed E-state index contributed by atoms with van der Waals surface area (Å²) >= 11 is 0. The minimum absolute atomic E-state index is 0.271. The van der Waals surface area contributed by atoms with Gasteiger partial charge in [0.05, 0.1) is 5.69 Å². The van der Waals surface area contributed by atoms with Crippen LogP contribution in [0.1, 0.15) is 39.3 Å². The van der Waals surface area contributed by atoms with Crippen LogP contribution in [-0.2, 0) is 0 Å². The average molecular weight is 275 g/mol. The highest BCUT2D eigenvalue weighted by Gasteiger charge is 2.66. The summed E-state index contributed by atoms with van der Waals surface area (Å²) in [6.45, 7) is 11.2. The molecule has 0 spiro atoms. The van der Waals surface area contributed by atoms with Crippen molar-refractivity contribution in [2.45, 2.75) is 39.7 Å². The molecule has 5 heteroatoms.